The Morgan fingerprint density at radius 2 is 2.00 bits per heavy atom. The second kappa shape index (κ2) is 4.81. The van der Waals surface area contributed by atoms with Crippen LogP contribution in [-0.2, 0) is 14.3 Å². The summed E-state index contributed by atoms with van der Waals surface area (Å²) in [4.78, 5) is 11.2. The second-order valence-electron chi connectivity index (χ2n) is 4.42. The lowest BCUT2D eigenvalue weighted by Gasteiger charge is -2.35. The van der Waals surface area contributed by atoms with Crippen LogP contribution in [-0.4, -0.2) is 24.9 Å². The number of hydrogen-bond donors (Lipinski definition) is 1. The van der Waals surface area contributed by atoms with Gasteiger partial charge in [0.15, 0.2) is 12.0 Å². The number of rotatable bonds is 2. The molecule has 1 aliphatic carbocycles. The molecule has 1 heterocycles. The maximum atomic E-state index is 11.2. The monoisotopic (exact) mass is 224 g/mol. The van der Waals surface area contributed by atoms with E-state index in [-0.39, 0.29) is 11.7 Å². The number of nitrogens with one attached hydrogen (secondary N) is 1. The van der Waals surface area contributed by atoms with Crippen molar-refractivity contribution in [3.8, 4) is 6.19 Å². The maximum absolute atomic E-state index is 11.2. The zero-order valence-corrected chi connectivity index (χ0v) is 9.20. The van der Waals surface area contributed by atoms with Crippen molar-refractivity contribution < 1.29 is 14.3 Å². The summed E-state index contributed by atoms with van der Waals surface area (Å²) in [7, 11) is 0. The first-order valence-electron chi connectivity index (χ1n) is 5.70. The molecule has 0 aromatic heterocycles. The molecule has 0 unspecified atom stereocenters. The molecular weight excluding hydrogens is 208 g/mol. The molecule has 5 heteroatoms. The molecule has 0 radical (unpaired) electrons. The normalized spacial score (nSPS) is 24.2. The van der Waals surface area contributed by atoms with Crippen molar-refractivity contribution in [1.29, 1.82) is 5.26 Å². The molecule has 1 saturated carbocycles. The van der Waals surface area contributed by atoms with Crippen LogP contribution in [0.5, 0.6) is 0 Å². The van der Waals surface area contributed by atoms with Crippen LogP contribution in [0.4, 0.5) is 0 Å². The van der Waals surface area contributed by atoms with Crippen LogP contribution in [0.2, 0.25) is 0 Å². The third-order valence-electron chi connectivity index (χ3n) is 3.35. The van der Waals surface area contributed by atoms with Crippen LogP contribution >= 0.6 is 0 Å². The van der Waals surface area contributed by atoms with Crippen molar-refractivity contribution in [3.63, 3.8) is 0 Å². The molecule has 1 spiro atoms. The number of ether oxygens (including phenoxy) is 2. The lowest BCUT2D eigenvalue weighted by Crippen LogP contribution is -2.36. The summed E-state index contributed by atoms with van der Waals surface area (Å²) < 4.78 is 11.2. The van der Waals surface area contributed by atoms with E-state index in [0.29, 0.717) is 25.6 Å². The van der Waals surface area contributed by atoms with E-state index in [1.807, 2.05) is 0 Å². The first-order chi connectivity index (χ1) is 7.74. The Bertz CT molecular complexity index is 295. The maximum Gasteiger partial charge on any atom is 0.233 e. The van der Waals surface area contributed by atoms with E-state index in [1.54, 1.807) is 6.19 Å². The number of carbonyl (C=O) groups is 1. The molecule has 2 rings (SSSR count). The van der Waals surface area contributed by atoms with Gasteiger partial charge in [-0.1, -0.05) is 0 Å². The minimum Gasteiger partial charge on any atom is -0.348 e. The Balaban J connectivity index is 1.77. The summed E-state index contributed by atoms with van der Waals surface area (Å²) in [6.45, 7) is 1.36. The van der Waals surface area contributed by atoms with Gasteiger partial charge in [0.05, 0.1) is 13.2 Å². The summed E-state index contributed by atoms with van der Waals surface area (Å²) in [6.07, 6.45) is 5.67. The summed E-state index contributed by atoms with van der Waals surface area (Å²) in [5, 5.41) is 10.5. The first kappa shape index (κ1) is 11.4. The highest BCUT2D eigenvalue weighted by molar-refractivity contribution is 5.77. The fourth-order valence-corrected chi connectivity index (χ4v) is 2.48. The Labute approximate surface area is 94.7 Å². The van der Waals surface area contributed by atoms with E-state index in [0.717, 1.165) is 25.7 Å². The highest BCUT2D eigenvalue weighted by atomic mass is 16.7. The van der Waals surface area contributed by atoms with Gasteiger partial charge in [0, 0.05) is 19.3 Å². The molecule has 1 amide bonds. The fourth-order valence-electron chi connectivity index (χ4n) is 2.48. The molecule has 1 saturated heterocycles. The average Bonchev–Trinajstić information content (AvgIpc) is 2.71. The Kier molecular flexibility index (Phi) is 3.42. The van der Waals surface area contributed by atoms with Crippen molar-refractivity contribution in [2.45, 2.75) is 37.9 Å². The average molecular weight is 224 g/mol. The fraction of sp³-hybridized carbons (Fsp3) is 0.818. The van der Waals surface area contributed by atoms with Crippen LogP contribution < -0.4 is 5.32 Å². The van der Waals surface area contributed by atoms with Crippen LogP contribution in [0, 0.1) is 17.4 Å². The van der Waals surface area contributed by atoms with Crippen LogP contribution in [0.25, 0.3) is 0 Å². The number of amides is 1. The van der Waals surface area contributed by atoms with Gasteiger partial charge in [-0.05, 0) is 18.8 Å². The topological polar surface area (TPSA) is 71.4 Å². The number of hydrogen-bond acceptors (Lipinski definition) is 4. The lowest BCUT2D eigenvalue weighted by atomic mass is 9.83. The summed E-state index contributed by atoms with van der Waals surface area (Å²) in [5.41, 5.74) is 0. The highest BCUT2D eigenvalue weighted by Crippen LogP contribution is 2.39. The number of nitriles is 1. The van der Waals surface area contributed by atoms with Gasteiger partial charge in [0.2, 0.25) is 5.91 Å². The molecule has 88 valence electrons. The molecule has 2 aliphatic rings. The SMILES string of the molecule is N#CNC(=O)CC1CCC2(CC1)OCCO2. The van der Waals surface area contributed by atoms with Crippen LogP contribution in [0.1, 0.15) is 32.1 Å². The van der Waals surface area contributed by atoms with E-state index >= 15 is 0 Å². The molecule has 1 N–H and O–H groups in total. The first-order valence-corrected chi connectivity index (χ1v) is 5.70. The largest absolute Gasteiger partial charge is 0.348 e. The third-order valence-corrected chi connectivity index (χ3v) is 3.35. The Hall–Kier alpha value is -1.12. The Morgan fingerprint density at radius 1 is 1.38 bits per heavy atom. The smallest absolute Gasteiger partial charge is 0.233 e. The summed E-state index contributed by atoms with van der Waals surface area (Å²) >= 11 is 0. The molecule has 0 aromatic rings. The van der Waals surface area contributed by atoms with Crippen LogP contribution in [0.3, 0.4) is 0 Å². The standard InChI is InChI=1S/C11H16N2O3/c12-8-13-10(14)7-9-1-3-11(4-2-9)15-5-6-16-11/h9H,1-7H2,(H,13,14). The van der Waals surface area contributed by atoms with Gasteiger partial charge >= 0.3 is 0 Å². The Morgan fingerprint density at radius 3 is 2.56 bits per heavy atom. The quantitative estimate of drug-likeness (QED) is 0.559. The van der Waals surface area contributed by atoms with Gasteiger partial charge in [-0.25, -0.2) is 0 Å². The van der Waals surface area contributed by atoms with Crippen molar-refractivity contribution >= 4 is 5.91 Å². The molecule has 1 aliphatic heterocycles. The second-order valence-corrected chi connectivity index (χ2v) is 4.42. The molecule has 0 bridgehead atoms. The molecular formula is C11H16N2O3. The third kappa shape index (κ3) is 2.52. The summed E-state index contributed by atoms with van der Waals surface area (Å²) in [6, 6.07) is 0. The predicted octanol–water partition coefficient (Wildman–Crippen LogP) is 0.907. The minimum absolute atomic E-state index is 0.184. The van der Waals surface area contributed by atoms with E-state index < -0.39 is 0 Å². The van der Waals surface area contributed by atoms with Gasteiger partial charge in [-0.2, -0.15) is 5.26 Å². The van der Waals surface area contributed by atoms with Crippen molar-refractivity contribution in [2.75, 3.05) is 13.2 Å². The highest BCUT2D eigenvalue weighted by Gasteiger charge is 2.40. The van der Waals surface area contributed by atoms with Gasteiger partial charge in [-0.15, -0.1) is 0 Å². The minimum atomic E-state index is -0.359. The van der Waals surface area contributed by atoms with Gasteiger partial charge in [0.1, 0.15) is 0 Å². The van der Waals surface area contributed by atoms with Gasteiger partial charge in [0.25, 0.3) is 0 Å². The predicted molar refractivity (Wildman–Crippen MR) is 55.0 cm³/mol. The zero-order valence-electron chi connectivity index (χ0n) is 9.20. The molecule has 2 fully saturated rings. The summed E-state index contributed by atoms with van der Waals surface area (Å²) in [5.74, 6) is -0.189. The molecule has 0 atom stereocenters. The van der Waals surface area contributed by atoms with Gasteiger partial charge < -0.3 is 9.47 Å². The number of nitrogens with zero attached hydrogens (tertiary/aromatic N) is 1. The van der Waals surface area contributed by atoms with Crippen LogP contribution in [0.15, 0.2) is 0 Å². The molecule has 5 nitrogen and oxygen atoms in total. The van der Waals surface area contributed by atoms with E-state index in [4.69, 9.17) is 14.7 Å². The number of carbonyl (C=O) groups excluding carboxylic acids is 1. The molecule has 16 heavy (non-hydrogen) atoms. The van der Waals surface area contributed by atoms with Crippen molar-refractivity contribution in [3.05, 3.63) is 0 Å². The van der Waals surface area contributed by atoms with Gasteiger partial charge in [-0.3, -0.25) is 10.1 Å². The lowest BCUT2D eigenvalue weighted by molar-refractivity contribution is -0.183. The van der Waals surface area contributed by atoms with E-state index in [9.17, 15) is 4.79 Å². The van der Waals surface area contributed by atoms with E-state index in [1.165, 1.54) is 0 Å². The zero-order chi connectivity index (χ0) is 11.4. The van der Waals surface area contributed by atoms with E-state index in [2.05, 4.69) is 5.32 Å². The van der Waals surface area contributed by atoms with Crippen molar-refractivity contribution in [1.82, 2.24) is 5.32 Å². The molecule has 0 aromatic carbocycles. The van der Waals surface area contributed by atoms with Crippen molar-refractivity contribution in [2.24, 2.45) is 5.92 Å².